The summed E-state index contributed by atoms with van der Waals surface area (Å²) in [5, 5.41) is 11.9. The molecule has 0 spiro atoms. The fourth-order valence-corrected chi connectivity index (χ4v) is 1.64. The van der Waals surface area contributed by atoms with Crippen LogP contribution in [0.5, 0.6) is 0 Å². The van der Waals surface area contributed by atoms with E-state index in [1.165, 1.54) is 0 Å². The van der Waals surface area contributed by atoms with E-state index in [2.05, 4.69) is 15.5 Å². The van der Waals surface area contributed by atoms with Crippen molar-refractivity contribution in [3.05, 3.63) is 35.2 Å². The summed E-state index contributed by atoms with van der Waals surface area (Å²) in [7, 11) is 0. The summed E-state index contributed by atoms with van der Waals surface area (Å²) in [6.07, 6.45) is 0. The minimum atomic E-state index is 0.0635. The van der Waals surface area contributed by atoms with Crippen molar-refractivity contribution in [3.63, 3.8) is 0 Å². The molecule has 5 heteroatoms. The standard InChI is InChI=1S/C12H14ClN3O/c1-3-14-8(2)11-15-16-12(17-11)9-4-6-10(13)7-5-9/h4-8,14H,3H2,1-2H3. The lowest BCUT2D eigenvalue weighted by atomic mass is 10.2. The van der Waals surface area contributed by atoms with Crippen LogP contribution in [-0.2, 0) is 0 Å². The minimum absolute atomic E-state index is 0.0635. The molecule has 0 aliphatic rings. The predicted molar refractivity (Wildman–Crippen MR) is 66.8 cm³/mol. The maximum atomic E-state index is 5.82. The molecule has 1 heterocycles. The van der Waals surface area contributed by atoms with Gasteiger partial charge in [0, 0.05) is 10.6 Å². The molecule has 0 aliphatic heterocycles. The Morgan fingerprint density at radius 2 is 2.00 bits per heavy atom. The van der Waals surface area contributed by atoms with E-state index >= 15 is 0 Å². The third kappa shape index (κ3) is 2.84. The summed E-state index contributed by atoms with van der Waals surface area (Å²) in [6.45, 7) is 4.88. The number of aromatic nitrogens is 2. The van der Waals surface area contributed by atoms with Gasteiger partial charge in [0.15, 0.2) is 0 Å². The van der Waals surface area contributed by atoms with Crippen LogP contribution in [0.15, 0.2) is 28.7 Å². The number of nitrogens with one attached hydrogen (secondary N) is 1. The fraction of sp³-hybridized carbons (Fsp3) is 0.333. The van der Waals surface area contributed by atoms with E-state index < -0.39 is 0 Å². The van der Waals surface area contributed by atoms with Gasteiger partial charge in [-0.3, -0.25) is 0 Å². The molecule has 1 atom stereocenters. The van der Waals surface area contributed by atoms with Crippen molar-refractivity contribution in [3.8, 4) is 11.5 Å². The first-order chi connectivity index (χ1) is 8.20. The highest BCUT2D eigenvalue weighted by Gasteiger charge is 2.13. The molecule has 17 heavy (non-hydrogen) atoms. The first-order valence-electron chi connectivity index (χ1n) is 5.53. The van der Waals surface area contributed by atoms with Gasteiger partial charge in [-0.2, -0.15) is 0 Å². The molecule has 2 aromatic rings. The second-order valence-electron chi connectivity index (χ2n) is 3.73. The van der Waals surface area contributed by atoms with Crippen molar-refractivity contribution >= 4 is 11.6 Å². The number of hydrogen-bond donors (Lipinski definition) is 1. The van der Waals surface area contributed by atoms with Crippen LogP contribution in [0.2, 0.25) is 5.02 Å². The second-order valence-corrected chi connectivity index (χ2v) is 4.17. The molecule has 4 nitrogen and oxygen atoms in total. The van der Waals surface area contributed by atoms with E-state index in [4.69, 9.17) is 16.0 Å². The number of nitrogens with zero attached hydrogens (tertiary/aromatic N) is 2. The molecule has 1 unspecified atom stereocenters. The second kappa shape index (κ2) is 5.29. The van der Waals surface area contributed by atoms with E-state index in [1.54, 1.807) is 12.1 Å². The molecular formula is C12H14ClN3O. The average Bonchev–Trinajstić information content (AvgIpc) is 2.80. The van der Waals surface area contributed by atoms with Crippen molar-refractivity contribution in [2.45, 2.75) is 19.9 Å². The monoisotopic (exact) mass is 251 g/mol. The number of hydrogen-bond acceptors (Lipinski definition) is 4. The third-order valence-corrected chi connectivity index (χ3v) is 2.66. The summed E-state index contributed by atoms with van der Waals surface area (Å²) >= 11 is 5.82. The van der Waals surface area contributed by atoms with E-state index in [0.717, 1.165) is 12.1 Å². The van der Waals surface area contributed by atoms with Gasteiger partial charge in [0.05, 0.1) is 6.04 Å². The minimum Gasteiger partial charge on any atom is -0.419 e. The molecule has 1 aromatic carbocycles. The average molecular weight is 252 g/mol. The van der Waals surface area contributed by atoms with Crippen molar-refractivity contribution in [1.29, 1.82) is 0 Å². The van der Waals surface area contributed by atoms with E-state index in [-0.39, 0.29) is 6.04 Å². The lowest BCUT2D eigenvalue weighted by Gasteiger charge is -2.05. The molecule has 0 aliphatic carbocycles. The van der Waals surface area contributed by atoms with Crippen LogP contribution in [0, 0.1) is 0 Å². The first-order valence-corrected chi connectivity index (χ1v) is 5.91. The van der Waals surface area contributed by atoms with Gasteiger partial charge >= 0.3 is 0 Å². The van der Waals surface area contributed by atoms with Gasteiger partial charge in [0.25, 0.3) is 0 Å². The summed E-state index contributed by atoms with van der Waals surface area (Å²) in [5.74, 6) is 1.11. The summed E-state index contributed by atoms with van der Waals surface area (Å²) in [6, 6.07) is 7.38. The molecule has 0 saturated heterocycles. The lowest BCUT2D eigenvalue weighted by Crippen LogP contribution is -2.17. The van der Waals surface area contributed by atoms with Crippen molar-refractivity contribution in [2.75, 3.05) is 6.54 Å². The largest absolute Gasteiger partial charge is 0.419 e. The zero-order valence-electron chi connectivity index (χ0n) is 9.77. The van der Waals surface area contributed by atoms with Gasteiger partial charge in [-0.15, -0.1) is 10.2 Å². The Morgan fingerprint density at radius 1 is 1.29 bits per heavy atom. The molecular weight excluding hydrogens is 238 g/mol. The molecule has 0 fully saturated rings. The van der Waals surface area contributed by atoms with Gasteiger partial charge in [-0.25, -0.2) is 0 Å². The lowest BCUT2D eigenvalue weighted by molar-refractivity contribution is 0.429. The normalized spacial score (nSPS) is 12.6. The molecule has 0 saturated carbocycles. The maximum absolute atomic E-state index is 5.82. The van der Waals surface area contributed by atoms with Crippen LogP contribution in [-0.4, -0.2) is 16.7 Å². The summed E-state index contributed by atoms with van der Waals surface area (Å²) < 4.78 is 5.60. The Kier molecular flexibility index (Phi) is 3.76. The summed E-state index contributed by atoms with van der Waals surface area (Å²) in [4.78, 5) is 0. The molecule has 90 valence electrons. The van der Waals surface area contributed by atoms with Gasteiger partial charge in [0.2, 0.25) is 11.8 Å². The third-order valence-electron chi connectivity index (χ3n) is 2.41. The Hall–Kier alpha value is -1.39. The SMILES string of the molecule is CCNC(C)c1nnc(-c2ccc(Cl)cc2)o1. The van der Waals surface area contributed by atoms with Crippen LogP contribution >= 0.6 is 11.6 Å². The fourth-order valence-electron chi connectivity index (χ4n) is 1.51. The van der Waals surface area contributed by atoms with Crippen molar-refractivity contribution < 1.29 is 4.42 Å². The highest BCUT2D eigenvalue weighted by atomic mass is 35.5. The topological polar surface area (TPSA) is 51.0 Å². The molecule has 0 amide bonds. The van der Waals surface area contributed by atoms with Gasteiger partial charge in [-0.1, -0.05) is 18.5 Å². The van der Waals surface area contributed by atoms with Crippen molar-refractivity contribution in [2.24, 2.45) is 0 Å². The van der Waals surface area contributed by atoms with Crippen molar-refractivity contribution in [1.82, 2.24) is 15.5 Å². The maximum Gasteiger partial charge on any atom is 0.247 e. The van der Waals surface area contributed by atoms with Crippen LogP contribution in [0.3, 0.4) is 0 Å². The zero-order chi connectivity index (χ0) is 12.3. The smallest absolute Gasteiger partial charge is 0.247 e. The van der Waals surface area contributed by atoms with Crippen LogP contribution < -0.4 is 5.32 Å². The first kappa shape index (κ1) is 12.1. The molecule has 0 bridgehead atoms. The number of benzene rings is 1. The highest BCUT2D eigenvalue weighted by molar-refractivity contribution is 6.30. The van der Waals surface area contributed by atoms with Crippen LogP contribution in [0.4, 0.5) is 0 Å². The van der Waals surface area contributed by atoms with E-state index in [1.807, 2.05) is 26.0 Å². The Morgan fingerprint density at radius 3 is 2.65 bits per heavy atom. The Balaban J connectivity index is 2.20. The zero-order valence-corrected chi connectivity index (χ0v) is 10.5. The summed E-state index contributed by atoms with van der Waals surface area (Å²) in [5.41, 5.74) is 0.872. The molecule has 1 aromatic heterocycles. The predicted octanol–water partition coefficient (Wildman–Crippen LogP) is 3.06. The Labute approximate surface area is 105 Å². The van der Waals surface area contributed by atoms with E-state index in [9.17, 15) is 0 Å². The molecule has 2 rings (SSSR count). The van der Waals surface area contributed by atoms with Gasteiger partial charge in [0.1, 0.15) is 0 Å². The molecule has 0 radical (unpaired) electrons. The number of halogens is 1. The number of rotatable bonds is 4. The van der Waals surface area contributed by atoms with Gasteiger partial charge in [-0.05, 0) is 37.7 Å². The quantitative estimate of drug-likeness (QED) is 0.907. The molecule has 1 N–H and O–H groups in total. The highest BCUT2D eigenvalue weighted by Crippen LogP contribution is 2.22. The van der Waals surface area contributed by atoms with E-state index in [0.29, 0.717) is 16.8 Å². The van der Waals surface area contributed by atoms with Gasteiger partial charge < -0.3 is 9.73 Å². The van der Waals surface area contributed by atoms with Crippen LogP contribution in [0.1, 0.15) is 25.8 Å². The Bertz CT molecular complexity index is 481. The van der Waals surface area contributed by atoms with Crippen LogP contribution in [0.25, 0.3) is 11.5 Å².